The summed E-state index contributed by atoms with van der Waals surface area (Å²) in [4.78, 5) is 10.4. The first-order valence-electron chi connectivity index (χ1n) is 18.0. The fourth-order valence-electron chi connectivity index (χ4n) is 10.1. The first kappa shape index (κ1) is 29.4. The van der Waals surface area contributed by atoms with Gasteiger partial charge in [-0.15, -0.1) is 0 Å². The largest absolute Gasteiger partial charge is 0.435 e. The van der Waals surface area contributed by atoms with Crippen LogP contribution in [0.5, 0.6) is 0 Å². The van der Waals surface area contributed by atoms with E-state index >= 15 is 0 Å². The fraction of sp³-hybridized carbons (Fsp3) is 0.170. The zero-order chi connectivity index (χ0) is 34.3. The topological polar surface area (TPSA) is 29.3 Å². The molecule has 6 aromatic carbocycles. The smallest absolute Gasteiger partial charge is 0.227 e. The second kappa shape index (κ2) is 9.92. The second-order valence-electron chi connectivity index (χ2n) is 15.2. The van der Waals surface area contributed by atoms with Crippen molar-refractivity contribution in [3.05, 3.63) is 167 Å². The van der Waals surface area contributed by atoms with Crippen molar-refractivity contribution in [2.75, 3.05) is 4.90 Å². The summed E-state index contributed by atoms with van der Waals surface area (Å²) < 4.78 is 6.64. The van der Waals surface area contributed by atoms with Crippen molar-refractivity contribution in [3.8, 4) is 11.5 Å². The number of fused-ring (bicyclic) bond motifs is 11. The van der Waals surface area contributed by atoms with Crippen LogP contribution in [0.4, 0.5) is 11.4 Å². The van der Waals surface area contributed by atoms with Crippen LogP contribution in [0.15, 0.2) is 165 Å². The number of nitrogens with zero attached hydrogens (tertiary/aromatic N) is 2. The standard InChI is InChI=1S/C47H36N2OS/c1-28-24-25-45(2)34-14-8-10-16-37(34)49(46(3)27-39-47(4,41(28)43(45)46)35-15-9-11-17-38(35)51-39)32-22-20-29-18-19-30-21-23-36-42(40(30)33(29)26-32)50-44(48-36)31-12-6-5-7-13-31/h5-28H,1-4H3. The van der Waals surface area contributed by atoms with E-state index in [-0.39, 0.29) is 10.8 Å². The third kappa shape index (κ3) is 3.68. The molecular formula is C47H36N2OS. The Morgan fingerprint density at radius 3 is 2.35 bits per heavy atom. The maximum atomic E-state index is 6.64. The third-order valence-electron chi connectivity index (χ3n) is 12.3. The number of hydrogen-bond donors (Lipinski definition) is 0. The van der Waals surface area contributed by atoms with Crippen LogP contribution < -0.4 is 4.90 Å². The van der Waals surface area contributed by atoms with Gasteiger partial charge >= 0.3 is 0 Å². The Morgan fingerprint density at radius 2 is 1.49 bits per heavy atom. The fourth-order valence-corrected chi connectivity index (χ4v) is 11.6. The molecule has 0 saturated heterocycles. The van der Waals surface area contributed by atoms with E-state index < -0.39 is 5.54 Å². The van der Waals surface area contributed by atoms with Gasteiger partial charge in [-0.3, -0.25) is 0 Å². The molecule has 7 aromatic rings. The van der Waals surface area contributed by atoms with Crippen LogP contribution in [0, 0.1) is 5.92 Å². The molecule has 4 heteroatoms. The molecule has 2 aliphatic heterocycles. The zero-order valence-electron chi connectivity index (χ0n) is 29.1. The SMILES string of the molecule is CC1C=CC2(C)C3=C1C1(C)C(=CC3(C)N(c3ccc4ccc5ccc6nc(-c7ccccc7)oc6c5c4c3)c3ccccc32)Sc2ccccc21. The summed E-state index contributed by atoms with van der Waals surface area (Å²) in [6.07, 6.45) is 7.59. The summed E-state index contributed by atoms with van der Waals surface area (Å²) in [7, 11) is 0. The highest BCUT2D eigenvalue weighted by Gasteiger charge is 2.60. The first-order valence-corrected chi connectivity index (χ1v) is 18.8. The quantitative estimate of drug-likeness (QED) is 0.135. The Kier molecular flexibility index (Phi) is 5.72. The molecule has 0 fully saturated rings. The summed E-state index contributed by atoms with van der Waals surface area (Å²) in [5.74, 6) is 0.952. The van der Waals surface area contributed by atoms with Crippen LogP contribution in [0.1, 0.15) is 38.8 Å². The molecule has 51 heavy (non-hydrogen) atoms. The number of rotatable bonds is 2. The Bertz CT molecular complexity index is 2750. The number of oxazole rings is 1. The lowest BCUT2D eigenvalue weighted by Crippen LogP contribution is -2.58. The van der Waals surface area contributed by atoms with Crippen molar-refractivity contribution in [2.45, 2.75) is 49.0 Å². The van der Waals surface area contributed by atoms with Crippen LogP contribution in [0.2, 0.25) is 0 Å². The molecule has 3 heterocycles. The van der Waals surface area contributed by atoms with Crippen molar-refractivity contribution in [1.29, 1.82) is 0 Å². The van der Waals surface area contributed by atoms with Gasteiger partial charge in [-0.1, -0.05) is 110 Å². The third-order valence-corrected chi connectivity index (χ3v) is 13.7. The van der Waals surface area contributed by atoms with Gasteiger partial charge in [-0.2, -0.15) is 0 Å². The minimum absolute atomic E-state index is 0.173. The zero-order valence-corrected chi connectivity index (χ0v) is 29.9. The van der Waals surface area contributed by atoms with E-state index in [2.05, 4.69) is 154 Å². The van der Waals surface area contributed by atoms with E-state index in [1.165, 1.54) is 48.6 Å². The predicted molar refractivity (Wildman–Crippen MR) is 212 cm³/mol. The molecule has 246 valence electrons. The van der Waals surface area contributed by atoms with Gasteiger partial charge in [0.1, 0.15) is 5.52 Å². The van der Waals surface area contributed by atoms with E-state index in [0.29, 0.717) is 11.8 Å². The Balaban J connectivity index is 1.20. The van der Waals surface area contributed by atoms with Crippen LogP contribution >= 0.6 is 11.8 Å². The van der Waals surface area contributed by atoms with Gasteiger partial charge in [0.2, 0.25) is 5.89 Å². The van der Waals surface area contributed by atoms with Gasteiger partial charge in [0.25, 0.3) is 0 Å². The van der Waals surface area contributed by atoms with E-state index in [1.54, 1.807) is 5.57 Å². The van der Waals surface area contributed by atoms with E-state index in [1.807, 2.05) is 30.0 Å². The number of aromatic nitrogens is 1. The summed E-state index contributed by atoms with van der Waals surface area (Å²) in [6.45, 7) is 9.80. The van der Waals surface area contributed by atoms with Gasteiger partial charge in [0.15, 0.2) is 5.58 Å². The minimum atomic E-state index is -0.415. The lowest BCUT2D eigenvalue weighted by atomic mass is 9.52. The Hall–Kier alpha value is -5.32. The summed E-state index contributed by atoms with van der Waals surface area (Å²) in [6, 6.07) is 44.1. The highest BCUT2D eigenvalue weighted by molar-refractivity contribution is 8.03. The average molecular weight is 677 g/mol. The van der Waals surface area contributed by atoms with E-state index in [4.69, 9.17) is 9.40 Å². The molecule has 0 saturated carbocycles. The number of thioether (sulfide) groups is 1. The molecule has 2 aliphatic carbocycles. The van der Waals surface area contributed by atoms with Crippen molar-refractivity contribution in [1.82, 2.24) is 4.98 Å². The average Bonchev–Trinajstić information content (AvgIpc) is 3.72. The van der Waals surface area contributed by atoms with Gasteiger partial charge in [-0.05, 0) is 114 Å². The molecule has 4 atom stereocenters. The highest BCUT2D eigenvalue weighted by Crippen LogP contribution is 2.68. The maximum absolute atomic E-state index is 6.64. The maximum Gasteiger partial charge on any atom is 0.227 e. The molecule has 0 radical (unpaired) electrons. The molecule has 0 amide bonds. The highest BCUT2D eigenvalue weighted by atomic mass is 32.2. The second-order valence-corrected chi connectivity index (χ2v) is 16.3. The van der Waals surface area contributed by atoms with Crippen LogP contribution in [-0.4, -0.2) is 10.5 Å². The van der Waals surface area contributed by atoms with Crippen LogP contribution in [0.3, 0.4) is 0 Å². The van der Waals surface area contributed by atoms with E-state index in [9.17, 15) is 0 Å². The first-order chi connectivity index (χ1) is 24.8. The number of anilines is 2. The molecule has 1 aromatic heterocycles. The molecule has 0 spiro atoms. The van der Waals surface area contributed by atoms with Crippen LogP contribution in [0.25, 0.3) is 44.1 Å². The van der Waals surface area contributed by atoms with Crippen molar-refractivity contribution >= 4 is 55.8 Å². The number of allylic oxidation sites excluding steroid dienone is 4. The minimum Gasteiger partial charge on any atom is -0.435 e. The molecule has 3 nitrogen and oxygen atoms in total. The molecule has 0 bridgehead atoms. The van der Waals surface area contributed by atoms with Crippen molar-refractivity contribution in [3.63, 3.8) is 0 Å². The Labute approximate surface area is 302 Å². The summed E-state index contributed by atoms with van der Waals surface area (Å²) in [5.41, 5.74) is 10.1. The number of hydrogen-bond acceptors (Lipinski definition) is 4. The van der Waals surface area contributed by atoms with Gasteiger partial charge in [0.05, 0.1) is 5.54 Å². The lowest BCUT2D eigenvalue weighted by Gasteiger charge is -2.60. The molecular weight excluding hydrogens is 641 g/mol. The molecule has 11 rings (SSSR count). The summed E-state index contributed by atoms with van der Waals surface area (Å²) in [5, 5.41) is 4.60. The van der Waals surface area contributed by atoms with Crippen molar-refractivity contribution < 1.29 is 4.42 Å². The van der Waals surface area contributed by atoms with Crippen LogP contribution in [-0.2, 0) is 10.8 Å². The normalized spacial score (nSPS) is 25.9. The molecule has 4 aliphatic rings. The van der Waals surface area contributed by atoms with Gasteiger partial charge in [-0.25, -0.2) is 4.98 Å². The number of benzene rings is 6. The summed E-state index contributed by atoms with van der Waals surface area (Å²) >= 11 is 1.96. The lowest BCUT2D eigenvalue weighted by molar-refractivity contribution is 0.438. The van der Waals surface area contributed by atoms with E-state index in [0.717, 1.165) is 27.4 Å². The Morgan fingerprint density at radius 1 is 0.765 bits per heavy atom. The predicted octanol–water partition coefficient (Wildman–Crippen LogP) is 12.4. The van der Waals surface area contributed by atoms with Gasteiger partial charge < -0.3 is 9.32 Å². The number of para-hydroxylation sites is 1. The monoisotopic (exact) mass is 676 g/mol. The molecule has 4 unspecified atom stereocenters. The van der Waals surface area contributed by atoms with Crippen molar-refractivity contribution in [2.24, 2.45) is 5.92 Å². The van der Waals surface area contributed by atoms with Gasteiger partial charge in [0, 0.05) is 43.0 Å². The molecule has 0 N–H and O–H groups in total.